The van der Waals surface area contributed by atoms with Crippen LogP contribution in [-0.2, 0) is 10.2 Å². The quantitative estimate of drug-likeness (QED) is 0.330. The molecule has 0 fully saturated rings. The summed E-state index contributed by atoms with van der Waals surface area (Å²) in [6, 6.07) is 22.9. The van der Waals surface area contributed by atoms with E-state index >= 15 is 0 Å². The second-order valence-electron chi connectivity index (χ2n) is 9.74. The monoisotopic (exact) mass is 497 g/mol. The Bertz CT molecular complexity index is 1650. The molecule has 0 saturated carbocycles. The van der Waals surface area contributed by atoms with Crippen LogP contribution in [0, 0.1) is 6.92 Å². The third-order valence-electron chi connectivity index (χ3n) is 6.03. The molecule has 5 rings (SSSR count). The van der Waals surface area contributed by atoms with Gasteiger partial charge in [-0.2, -0.15) is 0 Å². The van der Waals surface area contributed by atoms with Crippen molar-refractivity contribution in [3.63, 3.8) is 0 Å². The molecule has 7 nitrogen and oxygen atoms in total. The number of thioether (sulfide) groups is 1. The molecule has 36 heavy (non-hydrogen) atoms. The van der Waals surface area contributed by atoms with E-state index in [-0.39, 0.29) is 22.6 Å². The summed E-state index contributed by atoms with van der Waals surface area (Å²) in [5, 5.41) is 12.9. The van der Waals surface area contributed by atoms with Gasteiger partial charge in [-0.1, -0.05) is 80.6 Å². The third kappa shape index (κ3) is 4.40. The minimum atomic E-state index is -0.164. The fourth-order valence-corrected chi connectivity index (χ4v) is 5.00. The second-order valence-corrected chi connectivity index (χ2v) is 10.7. The van der Waals surface area contributed by atoms with E-state index < -0.39 is 0 Å². The molecule has 3 aromatic carbocycles. The van der Waals surface area contributed by atoms with Crippen molar-refractivity contribution < 1.29 is 4.79 Å². The Kier molecular flexibility index (Phi) is 6.14. The number of hydrogen-bond acceptors (Lipinski definition) is 5. The molecular formula is C28H27N5O2S. The lowest BCUT2D eigenvalue weighted by Crippen LogP contribution is -2.22. The number of benzene rings is 3. The molecule has 0 bridgehead atoms. The van der Waals surface area contributed by atoms with E-state index in [0.29, 0.717) is 27.5 Å². The first-order valence-electron chi connectivity index (χ1n) is 11.7. The van der Waals surface area contributed by atoms with Crippen molar-refractivity contribution >= 4 is 40.0 Å². The number of nitrogens with one attached hydrogen (secondary N) is 1. The Morgan fingerprint density at radius 2 is 1.64 bits per heavy atom. The number of para-hydroxylation sites is 2. The van der Waals surface area contributed by atoms with Crippen molar-refractivity contribution in [1.29, 1.82) is 0 Å². The summed E-state index contributed by atoms with van der Waals surface area (Å²) in [7, 11) is 0. The maximum atomic E-state index is 13.4. The van der Waals surface area contributed by atoms with Crippen molar-refractivity contribution in [2.45, 2.75) is 38.3 Å². The van der Waals surface area contributed by atoms with Gasteiger partial charge in [-0.05, 0) is 48.2 Å². The van der Waals surface area contributed by atoms with Gasteiger partial charge in [-0.25, -0.2) is 4.57 Å². The predicted molar refractivity (Wildman–Crippen MR) is 145 cm³/mol. The van der Waals surface area contributed by atoms with Crippen molar-refractivity contribution in [3.05, 3.63) is 94.3 Å². The lowest BCUT2D eigenvalue weighted by Gasteiger charge is -2.22. The molecule has 0 aliphatic heterocycles. The average molecular weight is 498 g/mol. The zero-order valence-electron chi connectivity index (χ0n) is 20.6. The van der Waals surface area contributed by atoms with Crippen LogP contribution in [0.25, 0.3) is 22.4 Å². The molecule has 0 saturated heterocycles. The van der Waals surface area contributed by atoms with Crippen LogP contribution in [0.4, 0.5) is 5.69 Å². The van der Waals surface area contributed by atoms with Gasteiger partial charge in [0.2, 0.25) is 11.7 Å². The summed E-state index contributed by atoms with van der Waals surface area (Å²) in [6.07, 6.45) is 0. The summed E-state index contributed by atoms with van der Waals surface area (Å²) >= 11 is 1.29. The first-order valence-corrected chi connectivity index (χ1v) is 12.7. The van der Waals surface area contributed by atoms with Crippen LogP contribution in [-0.4, -0.2) is 30.8 Å². The van der Waals surface area contributed by atoms with Gasteiger partial charge in [0.1, 0.15) is 0 Å². The van der Waals surface area contributed by atoms with Crippen molar-refractivity contribution in [3.8, 4) is 5.69 Å². The number of rotatable bonds is 5. The van der Waals surface area contributed by atoms with Crippen molar-refractivity contribution in [1.82, 2.24) is 19.2 Å². The van der Waals surface area contributed by atoms with Gasteiger partial charge in [-0.15, -0.1) is 10.2 Å². The molecule has 0 atom stereocenters. The van der Waals surface area contributed by atoms with Crippen LogP contribution in [0.5, 0.6) is 0 Å². The first kappa shape index (κ1) is 23.8. The van der Waals surface area contributed by atoms with E-state index in [1.54, 1.807) is 10.6 Å². The molecule has 182 valence electrons. The fourth-order valence-electron chi connectivity index (χ4n) is 4.26. The van der Waals surface area contributed by atoms with Gasteiger partial charge in [0.05, 0.1) is 22.3 Å². The van der Waals surface area contributed by atoms with Gasteiger partial charge in [0, 0.05) is 5.69 Å². The maximum absolute atomic E-state index is 13.4. The van der Waals surface area contributed by atoms with Crippen LogP contribution in [0.1, 0.15) is 31.9 Å². The average Bonchev–Trinajstić information content (AvgIpc) is 3.27. The minimum absolute atomic E-state index is 0.0984. The molecular weight excluding hydrogens is 470 g/mol. The topological polar surface area (TPSA) is 81.3 Å². The van der Waals surface area contributed by atoms with Crippen molar-refractivity contribution in [2.24, 2.45) is 0 Å². The van der Waals surface area contributed by atoms with E-state index in [4.69, 9.17) is 0 Å². The zero-order valence-corrected chi connectivity index (χ0v) is 21.5. The van der Waals surface area contributed by atoms with Crippen molar-refractivity contribution in [2.75, 3.05) is 11.1 Å². The number of aromatic nitrogens is 4. The Morgan fingerprint density at radius 3 is 2.39 bits per heavy atom. The predicted octanol–water partition coefficient (Wildman–Crippen LogP) is 5.37. The van der Waals surface area contributed by atoms with Gasteiger partial charge in [0.15, 0.2) is 5.16 Å². The van der Waals surface area contributed by atoms with Gasteiger partial charge in [0.25, 0.3) is 5.56 Å². The molecule has 0 aliphatic carbocycles. The van der Waals surface area contributed by atoms with E-state index in [9.17, 15) is 9.59 Å². The van der Waals surface area contributed by atoms with E-state index in [0.717, 1.165) is 16.8 Å². The number of carbonyl (C=O) groups is 1. The number of aryl methyl sites for hydroxylation is 1. The molecule has 2 aromatic heterocycles. The summed E-state index contributed by atoms with van der Waals surface area (Å²) in [5.74, 6) is 0.421. The summed E-state index contributed by atoms with van der Waals surface area (Å²) in [6.45, 7) is 8.36. The molecule has 0 aliphatic rings. The van der Waals surface area contributed by atoms with Crippen LogP contribution in [0.2, 0.25) is 0 Å². The molecule has 5 aromatic rings. The van der Waals surface area contributed by atoms with Gasteiger partial charge < -0.3 is 5.32 Å². The Morgan fingerprint density at radius 1 is 0.944 bits per heavy atom. The standard InChI is InChI=1S/C28H27N5O2S/c1-18-13-15-19(16-14-18)32-25(35)20-9-5-8-12-23(20)33-26(32)30-31-27(33)36-17-24(34)29-22-11-7-6-10-21(22)28(2,3)4/h5-16H,17H2,1-4H3,(H,29,34). The fraction of sp³-hybridized carbons (Fsp3) is 0.214. The normalized spacial score (nSPS) is 11.8. The highest BCUT2D eigenvalue weighted by molar-refractivity contribution is 7.99. The first-order chi connectivity index (χ1) is 17.2. The highest BCUT2D eigenvalue weighted by Crippen LogP contribution is 2.30. The van der Waals surface area contributed by atoms with E-state index in [1.807, 2.05) is 78.1 Å². The van der Waals surface area contributed by atoms with E-state index in [1.165, 1.54) is 11.8 Å². The number of fused-ring (bicyclic) bond motifs is 3. The van der Waals surface area contributed by atoms with E-state index in [2.05, 4.69) is 36.3 Å². The molecule has 1 N–H and O–H groups in total. The molecule has 2 heterocycles. The van der Waals surface area contributed by atoms with Crippen LogP contribution >= 0.6 is 11.8 Å². The van der Waals surface area contributed by atoms with Gasteiger partial charge in [-0.3, -0.25) is 14.0 Å². The number of anilines is 1. The Balaban J connectivity index is 1.51. The highest BCUT2D eigenvalue weighted by atomic mass is 32.2. The zero-order chi connectivity index (χ0) is 25.4. The lowest BCUT2D eigenvalue weighted by atomic mass is 9.86. The smallest absolute Gasteiger partial charge is 0.267 e. The maximum Gasteiger partial charge on any atom is 0.267 e. The largest absolute Gasteiger partial charge is 0.325 e. The minimum Gasteiger partial charge on any atom is -0.325 e. The molecule has 1 amide bonds. The number of amides is 1. The summed E-state index contributed by atoms with van der Waals surface area (Å²) in [5.41, 5.74) is 4.12. The van der Waals surface area contributed by atoms with Gasteiger partial charge >= 0.3 is 0 Å². The Labute approximate surface area is 213 Å². The molecule has 0 spiro atoms. The number of nitrogens with zero attached hydrogens (tertiary/aromatic N) is 4. The SMILES string of the molecule is Cc1ccc(-n2c(=O)c3ccccc3n3c(SCC(=O)Nc4ccccc4C(C)(C)C)nnc23)cc1. The molecule has 8 heteroatoms. The lowest BCUT2D eigenvalue weighted by molar-refractivity contribution is -0.113. The second kappa shape index (κ2) is 9.28. The number of carbonyl (C=O) groups excluding carboxylic acids is 1. The number of hydrogen-bond donors (Lipinski definition) is 1. The summed E-state index contributed by atoms with van der Waals surface area (Å²) in [4.78, 5) is 26.3. The Hall–Kier alpha value is -3.91. The molecule has 0 radical (unpaired) electrons. The summed E-state index contributed by atoms with van der Waals surface area (Å²) < 4.78 is 3.41. The third-order valence-corrected chi connectivity index (χ3v) is 6.96. The van der Waals surface area contributed by atoms with Crippen LogP contribution in [0.3, 0.4) is 0 Å². The van der Waals surface area contributed by atoms with Crippen LogP contribution in [0.15, 0.2) is 82.7 Å². The highest BCUT2D eigenvalue weighted by Gasteiger charge is 2.21. The molecule has 0 unspecified atom stereocenters. The van der Waals surface area contributed by atoms with Crippen LogP contribution < -0.4 is 10.9 Å².